The summed E-state index contributed by atoms with van der Waals surface area (Å²) in [5.41, 5.74) is 0.738. The van der Waals surface area contributed by atoms with Crippen LogP contribution in [-0.2, 0) is 0 Å². The molecule has 1 unspecified atom stereocenters. The Balaban J connectivity index is 1.73. The van der Waals surface area contributed by atoms with Crippen molar-refractivity contribution in [1.29, 1.82) is 0 Å². The van der Waals surface area contributed by atoms with E-state index in [9.17, 15) is 0 Å². The molecule has 116 valence electrons. The second-order valence-electron chi connectivity index (χ2n) is 5.02. The summed E-state index contributed by atoms with van der Waals surface area (Å²) >= 11 is 12.2. The summed E-state index contributed by atoms with van der Waals surface area (Å²) in [4.78, 5) is 10.5. The van der Waals surface area contributed by atoms with E-state index in [4.69, 9.17) is 27.9 Å². The molecule has 5 nitrogen and oxygen atoms in total. The van der Waals surface area contributed by atoms with E-state index in [1.807, 2.05) is 31.3 Å². The lowest BCUT2D eigenvalue weighted by Crippen LogP contribution is -2.26. The Morgan fingerprint density at radius 3 is 2.86 bits per heavy atom. The summed E-state index contributed by atoms with van der Waals surface area (Å²) < 4.78 is 5.99. The highest BCUT2D eigenvalue weighted by atomic mass is 35.5. The van der Waals surface area contributed by atoms with Crippen molar-refractivity contribution in [3.05, 3.63) is 40.8 Å². The number of ether oxygens (including phenoxy) is 1. The monoisotopic (exact) mass is 338 g/mol. The first-order valence-corrected chi connectivity index (χ1v) is 7.79. The molecule has 0 saturated carbocycles. The Labute approximate surface area is 139 Å². The number of aromatic nitrogens is 2. The van der Waals surface area contributed by atoms with E-state index in [2.05, 4.69) is 20.2 Å². The Hall–Kier alpha value is -1.72. The van der Waals surface area contributed by atoms with E-state index in [0.29, 0.717) is 15.9 Å². The highest BCUT2D eigenvalue weighted by Crippen LogP contribution is 2.32. The molecule has 1 aromatic carbocycles. The molecule has 0 bridgehead atoms. The molecule has 1 N–H and O–H groups in total. The predicted molar refractivity (Wildman–Crippen MR) is 89.3 cm³/mol. The van der Waals surface area contributed by atoms with E-state index in [1.165, 1.54) is 6.33 Å². The van der Waals surface area contributed by atoms with Gasteiger partial charge in [0.05, 0.1) is 11.6 Å². The minimum atomic E-state index is 0.0679. The van der Waals surface area contributed by atoms with Gasteiger partial charge in [0.2, 0.25) is 0 Å². The van der Waals surface area contributed by atoms with Crippen molar-refractivity contribution in [3.8, 4) is 5.75 Å². The number of nitrogens with zero attached hydrogens (tertiary/aromatic N) is 3. The smallest absolute Gasteiger partial charge is 0.157 e. The Bertz CT molecular complexity index is 668. The number of hydrogen-bond acceptors (Lipinski definition) is 5. The Kier molecular flexibility index (Phi) is 4.55. The van der Waals surface area contributed by atoms with Gasteiger partial charge >= 0.3 is 0 Å². The normalized spacial score (nSPS) is 17.6. The first kappa shape index (κ1) is 15.2. The second kappa shape index (κ2) is 6.58. The maximum atomic E-state index is 6.14. The topological polar surface area (TPSA) is 50.3 Å². The fourth-order valence-corrected chi connectivity index (χ4v) is 2.95. The lowest BCUT2D eigenvalue weighted by molar-refractivity contribution is 0.225. The van der Waals surface area contributed by atoms with Gasteiger partial charge in [0.1, 0.15) is 23.9 Å². The third kappa shape index (κ3) is 3.05. The lowest BCUT2D eigenvalue weighted by Gasteiger charge is -2.21. The van der Waals surface area contributed by atoms with Crippen molar-refractivity contribution < 1.29 is 4.74 Å². The van der Waals surface area contributed by atoms with Gasteiger partial charge in [-0.1, -0.05) is 35.3 Å². The van der Waals surface area contributed by atoms with Gasteiger partial charge in [0.15, 0.2) is 11.0 Å². The van der Waals surface area contributed by atoms with E-state index in [0.717, 1.165) is 31.0 Å². The zero-order chi connectivity index (χ0) is 15.5. The van der Waals surface area contributed by atoms with E-state index in [-0.39, 0.29) is 6.10 Å². The number of hydrogen-bond donors (Lipinski definition) is 1. The third-order valence-corrected chi connectivity index (χ3v) is 4.20. The zero-order valence-corrected chi connectivity index (χ0v) is 13.6. The van der Waals surface area contributed by atoms with Gasteiger partial charge in [0.25, 0.3) is 0 Å². The summed E-state index contributed by atoms with van der Waals surface area (Å²) in [7, 11) is 1.81. The summed E-state index contributed by atoms with van der Waals surface area (Å²) in [6.45, 7) is 1.57. The summed E-state index contributed by atoms with van der Waals surface area (Å²) in [6.07, 6.45) is 2.44. The van der Waals surface area contributed by atoms with Crippen LogP contribution in [0.25, 0.3) is 0 Å². The van der Waals surface area contributed by atoms with Gasteiger partial charge in [-0.3, -0.25) is 0 Å². The quantitative estimate of drug-likeness (QED) is 0.865. The number of rotatable bonds is 4. The van der Waals surface area contributed by atoms with Gasteiger partial charge < -0.3 is 15.0 Å². The van der Waals surface area contributed by atoms with Crippen LogP contribution in [0.4, 0.5) is 11.5 Å². The maximum absolute atomic E-state index is 6.14. The molecular formula is C15H16Cl2N4O. The molecule has 1 fully saturated rings. The molecule has 22 heavy (non-hydrogen) atoms. The number of para-hydroxylation sites is 1. The lowest BCUT2D eigenvalue weighted by atomic mass is 10.3. The molecule has 1 aromatic heterocycles. The molecule has 1 aliphatic rings. The molecule has 2 heterocycles. The standard InChI is InChI=1S/C15H16Cl2N4O/c1-18-13-14(17)19-9-20-15(13)21-7-6-10(8-21)22-12-5-3-2-4-11(12)16/h2-5,9-10,18H,6-8H2,1H3. The molecule has 0 amide bonds. The van der Waals surface area contributed by atoms with Gasteiger partial charge in [-0.2, -0.15) is 0 Å². The number of halogens is 2. The highest BCUT2D eigenvalue weighted by Gasteiger charge is 2.27. The zero-order valence-electron chi connectivity index (χ0n) is 12.1. The van der Waals surface area contributed by atoms with Crippen LogP contribution in [-0.4, -0.2) is 36.2 Å². The third-order valence-electron chi connectivity index (χ3n) is 3.61. The molecule has 2 aromatic rings. The van der Waals surface area contributed by atoms with E-state index >= 15 is 0 Å². The van der Waals surface area contributed by atoms with Crippen molar-refractivity contribution in [1.82, 2.24) is 9.97 Å². The fraction of sp³-hybridized carbons (Fsp3) is 0.333. The van der Waals surface area contributed by atoms with Crippen LogP contribution in [0.2, 0.25) is 10.2 Å². The minimum absolute atomic E-state index is 0.0679. The molecule has 1 aliphatic heterocycles. The molecule has 0 spiro atoms. The molecule has 0 radical (unpaired) electrons. The molecule has 1 atom stereocenters. The number of benzene rings is 1. The largest absolute Gasteiger partial charge is 0.487 e. The van der Waals surface area contributed by atoms with Gasteiger partial charge in [0, 0.05) is 20.0 Å². The SMILES string of the molecule is CNc1c(Cl)ncnc1N1CCC(Oc2ccccc2Cl)C1. The van der Waals surface area contributed by atoms with Crippen LogP contribution in [0, 0.1) is 0 Å². The molecule has 7 heteroatoms. The predicted octanol–water partition coefficient (Wildman–Crippen LogP) is 3.48. The minimum Gasteiger partial charge on any atom is -0.487 e. The van der Waals surface area contributed by atoms with Crippen LogP contribution in [0.1, 0.15) is 6.42 Å². The van der Waals surface area contributed by atoms with Crippen molar-refractivity contribution in [3.63, 3.8) is 0 Å². The number of nitrogens with one attached hydrogen (secondary N) is 1. The van der Waals surface area contributed by atoms with Crippen molar-refractivity contribution >= 4 is 34.7 Å². The van der Waals surface area contributed by atoms with Crippen LogP contribution in [0.3, 0.4) is 0 Å². The fourth-order valence-electron chi connectivity index (χ4n) is 2.55. The average molecular weight is 339 g/mol. The number of anilines is 2. The summed E-state index contributed by atoms with van der Waals surface area (Å²) in [5.74, 6) is 1.51. The van der Waals surface area contributed by atoms with Crippen molar-refractivity contribution in [2.24, 2.45) is 0 Å². The summed E-state index contributed by atoms with van der Waals surface area (Å²) in [6, 6.07) is 7.51. The maximum Gasteiger partial charge on any atom is 0.157 e. The molecule has 1 saturated heterocycles. The highest BCUT2D eigenvalue weighted by molar-refractivity contribution is 6.32. The van der Waals surface area contributed by atoms with Crippen molar-refractivity contribution in [2.75, 3.05) is 30.4 Å². The first-order valence-electron chi connectivity index (χ1n) is 7.03. The van der Waals surface area contributed by atoms with E-state index < -0.39 is 0 Å². The molecule has 3 rings (SSSR count). The van der Waals surface area contributed by atoms with Crippen LogP contribution in [0.5, 0.6) is 5.75 Å². The molecular weight excluding hydrogens is 323 g/mol. The van der Waals surface area contributed by atoms with Gasteiger partial charge in [-0.05, 0) is 12.1 Å². The second-order valence-corrected chi connectivity index (χ2v) is 5.78. The summed E-state index contributed by atoms with van der Waals surface area (Å²) in [5, 5.41) is 4.10. The van der Waals surface area contributed by atoms with Gasteiger partial charge in [-0.15, -0.1) is 0 Å². The van der Waals surface area contributed by atoms with Gasteiger partial charge in [-0.25, -0.2) is 9.97 Å². The molecule has 0 aliphatic carbocycles. The Morgan fingerprint density at radius 1 is 1.27 bits per heavy atom. The Morgan fingerprint density at radius 2 is 2.09 bits per heavy atom. The van der Waals surface area contributed by atoms with Crippen LogP contribution in [0.15, 0.2) is 30.6 Å². The van der Waals surface area contributed by atoms with Crippen LogP contribution < -0.4 is 15.0 Å². The van der Waals surface area contributed by atoms with Crippen molar-refractivity contribution in [2.45, 2.75) is 12.5 Å². The average Bonchev–Trinajstić information content (AvgIpc) is 2.98. The van der Waals surface area contributed by atoms with E-state index in [1.54, 1.807) is 0 Å². The first-order chi connectivity index (χ1) is 10.7. The van der Waals surface area contributed by atoms with Crippen LogP contribution >= 0.6 is 23.2 Å².